The summed E-state index contributed by atoms with van der Waals surface area (Å²) >= 11 is 0. The SMILES string of the molecule is CCCN(C(=O)CCNC(=O)OC(C)(C)C)n1c(=O)c2c(C)[nH]nc2c2ccccc21. The fourth-order valence-electron chi connectivity index (χ4n) is 3.46. The van der Waals surface area contributed by atoms with Gasteiger partial charge in [-0.3, -0.25) is 14.7 Å². The second kappa shape index (κ2) is 8.79. The highest BCUT2D eigenvalue weighted by molar-refractivity contribution is 6.04. The van der Waals surface area contributed by atoms with Gasteiger partial charge in [0.05, 0.1) is 10.9 Å². The van der Waals surface area contributed by atoms with Crippen LogP contribution in [-0.2, 0) is 9.53 Å². The van der Waals surface area contributed by atoms with Crippen molar-refractivity contribution < 1.29 is 14.3 Å². The number of fused-ring (bicyclic) bond motifs is 3. The van der Waals surface area contributed by atoms with Crippen molar-refractivity contribution in [3.63, 3.8) is 0 Å². The molecule has 0 aliphatic rings. The molecule has 0 aliphatic carbocycles. The minimum absolute atomic E-state index is 0.0302. The smallest absolute Gasteiger partial charge is 0.407 e. The number of carbonyl (C=O) groups is 2. The molecule has 0 aliphatic heterocycles. The number of ether oxygens (including phenoxy) is 1. The second-order valence-electron chi connectivity index (χ2n) is 8.40. The first-order valence-corrected chi connectivity index (χ1v) is 10.4. The zero-order valence-corrected chi connectivity index (χ0v) is 18.6. The number of benzene rings is 1. The summed E-state index contributed by atoms with van der Waals surface area (Å²) in [6, 6.07) is 7.38. The minimum Gasteiger partial charge on any atom is -0.444 e. The number of hydrogen-bond donors (Lipinski definition) is 2. The number of alkyl carbamates (subject to hydrolysis) is 1. The fraction of sp³-hybridized carbons (Fsp3) is 0.455. The summed E-state index contributed by atoms with van der Waals surface area (Å²) in [5, 5.41) is 12.5. The normalized spacial score (nSPS) is 11.6. The van der Waals surface area contributed by atoms with Gasteiger partial charge < -0.3 is 10.1 Å². The van der Waals surface area contributed by atoms with E-state index in [2.05, 4.69) is 15.5 Å². The molecule has 2 aromatic heterocycles. The van der Waals surface area contributed by atoms with E-state index in [4.69, 9.17) is 4.74 Å². The number of aromatic nitrogens is 3. The van der Waals surface area contributed by atoms with Crippen LogP contribution in [0.1, 0.15) is 46.2 Å². The van der Waals surface area contributed by atoms with Crippen molar-refractivity contribution in [2.75, 3.05) is 18.1 Å². The number of rotatable bonds is 6. The van der Waals surface area contributed by atoms with E-state index in [1.54, 1.807) is 33.8 Å². The first-order chi connectivity index (χ1) is 14.6. The van der Waals surface area contributed by atoms with Crippen LogP contribution in [0.2, 0.25) is 0 Å². The van der Waals surface area contributed by atoms with Crippen molar-refractivity contribution in [1.29, 1.82) is 0 Å². The Morgan fingerprint density at radius 2 is 1.97 bits per heavy atom. The Bertz CT molecular complexity index is 1170. The number of H-pyrrole nitrogens is 1. The molecule has 1 aromatic carbocycles. The Hall–Kier alpha value is -3.36. The van der Waals surface area contributed by atoms with Crippen molar-refractivity contribution in [3.8, 4) is 0 Å². The number of aryl methyl sites for hydroxylation is 1. The lowest BCUT2D eigenvalue weighted by Crippen LogP contribution is -2.48. The minimum atomic E-state index is -0.619. The van der Waals surface area contributed by atoms with E-state index in [-0.39, 0.29) is 24.4 Å². The van der Waals surface area contributed by atoms with Gasteiger partial charge in [-0.1, -0.05) is 25.1 Å². The molecule has 0 fully saturated rings. The third-order valence-corrected chi connectivity index (χ3v) is 4.71. The fourth-order valence-corrected chi connectivity index (χ4v) is 3.46. The lowest BCUT2D eigenvalue weighted by molar-refractivity contribution is -0.120. The molecule has 0 atom stereocenters. The zero-order chi connectivity index (χ0) is 22.8. The molecule has 0 bridgehead atoms. The number of aromatic amines is 1. The van der Waals surface area contributed by atoms with Crippen LogP contribution >= 0.6 is 0 Å². The number of nitrogens with one attached hydrogen (secondary N) is 2. The highest BCUT2D eigenvalue weighted by atomic mass is 16.6. The molecule has 9 nitrogen and oxygen atoms in total. The first-order valence-electron chi connectivity index (χ1n) is 10.4. The van der Waals surface area contributed by atoms with Crippen LogP contribution in [0.3, 0.4) is 0 Å². The summed E-state index contributed by atoms with van der Waals surface area (Å²) in [6.45, 7) is 9.50. The molecule has 0 unspecified atom stereocenters. The molecule has 166 valence electrons. The van der Waals surface area contributed by atoms with E-state index in [0.717, 1.165) is 5.39 Å². The lowest BCUT2D eigenvalue weighted by Gasteiger charge is -2.26. The number of carbonyl (C=O) groups excluding carboxylic acids is 2. The predicted molar refractivity (Wildman–Crippen MR) is 120 cm³/mol. The van der Waals surface area contributed by atoms with Crippen LogP contribution in [0, 0.1) is 6.92 Å². The van der Waals surface area contributed by atoms with Gasteiger partial charge in [-0.05, 0) is 40.2 Å². The Balaban J connectivity index is 1.94. The van der Waals surface area contributed by atoms with Crippen molar-refractivity contribution in [2.45, 2.75) is 53.1 Å². The van der Waals surface area contributed by atoms with Crippen molar-refractivity contribution >= 4 is 33.8 Å². The second-order valence-corrected chi connectivity index (χ2v) is 8.40. The van der Waals surface area contributed by atoms with E-state index in [0.29, 0.717) is 35.1 Å². The largest absolute Gasteiger partial charge is 0.444 e. The van der Waals surface area contributed by atoms with Gasteiger partial charge in [-0.15, -0.1) is 0 Å². The first kappa shape index (κ1) is 22.3. The molecule has 2 amide bonds. The standard InChI is InChI=1S/C22H29N5O4/c1-6-13-26(17(28)11-12-23-21(30)31-22(3,4)5)27-16-10-8-7-9-15(16)19-18(20(27)29)14(2)24-25-19/h7-10H,6,11-13H2,1-5H3,(H,23,30)(H,24,25). The van der Waals surface area contributed by atoms with Gasteiger partial charge >= 0.3 is 6.09 Å². The molecular formula is C22H29N5O4. The van der Waals surface area contributed by atoms with Crippen LogP contribution in [-0.4, -0.2) is 45.6 Å². The number of para-hydroxylation sites is 1. The predicted octanol–water partition coefficient (Wildman–Crippen LogP) is 2.98. The molecular weight excluding hydrogens is 398 g/mol. The van der Waals surface area contributed by atoms with Crippen LogP contribution in [0.25, 0.3) is 21.8 Å². The molecule has 2 N–H and O–H groups in total. The molecule has 3 aromatic rings. The summed E-state index contributed by atoms with van der Waals surface area (Å²) in [6.07, 6.45) is 0.108. The van der Waals surface area contributed by atoms with E-state index in [1.165, 1.54) is 9.69 Å². The van der Waals surface area contributed by atoms with E-state index in [9.17, 15) is 14.4 Å². The average molecular weight is 428 g/mol. The maximum Gasteiger partial charge on any atom is 0.407 e. The van der Waals surface area contributed by atoms with Gasteiger partial charge in [0.25, 0.3) is 5.56 Å². The van der Waals surface area contributed by atoms with E-state index < -0.39 is 11.7 Å². The molecule has 0 radical (unpaired) electrons. The molecule has 2 heterocycles. The summed E-state index contributed by atoms with van der Waals surface area (Å²) in [5.41, 5.74) is 0.918. The van der Waals surface area contributed by atoms with Crippen molar-refractivity contribution in [1.82, 2.24) is 20.2 Å². The summed E-state index contributed by atoms with van der Waals surface area (Å²) in [5.74, 6) is -0.273. The molecule has 0 saturated carbocycles. The molecule has 31 heavy (non-hydrogen) atoms. The quantitative estimate of drug-likeness (QED) is 0.629. The third kappa shape index (κ3) is 4.70. The Labute approximate surface area is 180 Å². The van der Waals surface area contributed by atoms with Crippen molar-refractivity contribution in [3.05, 3.63) is 40.3 Å². The Morgan fingerprint density at radius 1 is 1.26 bits per heavy atom. The maximum absolute atomic E-state index is 13.4. The Morgan fingerprint density at radius 3 is 2.65 bits per heavy atom. The summed E-state index contributed by atoms with van der Waals surface area (Å²) in [4.78, 5) is 38.4. The lowest BCUT2D eigenvalue weighted by atomic mass is 10.1. The van der Waals surface area contributed by atoms with Crippen LogP contribution in [0.15, 0.2) is 29.1 Å². The van der Waals surface area contributed by atoms with Crippen LogP contribution < -0.4 is 15.9 Å². The highest BCUT2D eigenvalue weighted by Gasteiger charge is 2.23. The molecule has 0 spiro atoms. The number of pyridine rings is 1. The van der Waals surface area contributed by atoms with Crippen LogP contribution in [0.5, 0.6) is 0 Å². The molecule has 9 heteroatoms. The van der Waals surface area contributed by atoms with Gasteiger partial charge in [0.15, 0.2) is 0 Å². The van der Waals surface area contributed by atoms with Crippen LogP contribution in [0.4, 0.5) is 4.79 Å². The van der Waals surface area contributed by atoms with Crippen molar-refractivity contribution in [2.24, 2.45) is 0 Å². The molecule has 0 saturated heterocycles. The van der Waals surface area contributed by atoms with E-state index >= 15 is 0 Å². The zero-order valence-electron chi connectivity index (χ0n) is 18.6. The highest BCUT2D eigenvalue weighted by Crippen LogP contribution is 2.23. The number of amides is 2. The van der Waals surface area contributed by atoms with Gasteiger partial charge in [-0.25, -0.2) is 14.5 Å². The van der Waals surface area contributed by atoms with Gasteiger partial charge in [0.2, 0.25) is 5.91 Å². The molecule has 3 rings (SSSR count). The van der Waals surface area contributed by atoms with Gasteiger partial charge in [-0.2, -0.15) is 5.10 Å². The Kier molecular flexibility index (Phi) is 6.33. The maximum atomic E-state index is 13.4. The topological polar surface area (TPSA) is 109 Å². The average Bonchev–Trinajstić information content (AvgIpc) is 3.08. The monoisotopic (exact) mass is 427 g/mol. The van der Waals surface area contributed by atoms with Gasteiger partial charge in [0, 0.05) is 30.6 Å². The third-order valence-electron chi connectivity index (χ3n) is 4.71. The number of nitrogens with zero attached hydrogens (tertiary/aromatic N) is 3. The summed E-state index contributed by atoms with van der Waals surface area (Å²) in [7, 11) is 0. The van der Waals surface area contributed by atoms with Gasteiger partial charge in [0.1, 0.15) is 11.1 Å². The number of hydrogen-bond acceptors (Lipinski definition) is 5. The summed E-state index contributed by atoms with van der Waals surface area (Å²) < 4.78 is 6.63. The van der Waals surface area contributed by atoms with E-state index in [1.807, 2.05) is 25.1 Å².